The summed E-state index contributed by atoms with van der Waals surface area (Å²) >= 11 is 7.57. The Labute approximate surface area is 176 Å². The van der Waals surface area contributed by atoms with E-state index in [2.05, 4.69) is 10.1 Å². The fourth-order valence-electron chi connectivity index (χ4n) is 2.89. The van der Waals surface area contributed by atoms with Crippen LogP contribution in [0.15, 0.2) is 63.0 Å². The zero-order valence-electron chi connectivity index (χ0n) is 16.2. The zero-order valence-corrected chi connectivity index (χ0v) is 17.7. The summed E-state index contributed by atoms with van der Waals surface area (Å²) in [7, 11) is 0. The fourth-order valence-corrected chi connectivity index (χ4v) is 4.03. The summed E-state index contributed by atoms with van der Waals surface area (Å²) in [4.78, 5) is 22.5. The van der Waals surface area contributed by atoms with Gasteiger partial charge in [-0.1, -0.05) is 60.6 Å². The topological polar surface area (TPSA) is 73.8 Å². The van der Waals surface area contributed by atoms with E-state index in [1.165, 1.54) is 11.8 Å². The van der Waals surface area contributed by atoms with E-state index < -0.39 is 0 Å². The lowest BCUT2D eigenvalue weighted by molar-refractivity contribution is 0.373. The van der Waals surface area contributed by atoms with Crippen molar-refractivity contribution >= 4 is 34.3 Å². The third-order valence-corrected chi connectivity index (χ3v) is 5.69. The minimum atomic E-state index is -0.187. The molecule has 29 heavy (non-hydrogen) atoms. The molecule has 0 N–H and O–H groups in total. The van der Waals surface area contributed by atoms with Crippen LogP contribution in [0.1, 0.15) is 43.7 Å². The maximum atomic E-state index is 13.3. The van der Waals surface area contributed by atoms with Crippen LogP contribution in [0.2, 0.25) is 5.02 Å². The number of thioether (sulfide) groups is 1. The van der Waals surface area contributed by atoms with E-state index in [4.69, 9.17) is 21.1 Å². The highest BCUT2D eigenvalue weighted by atomic mass is 35.5. The van der Waals surface area contributed by atoms with Gasteiger partial charge in [0.05, 0.1) is 21.8 Å². The van der Waals surface area contributed by atoms with Crippen LogP contribution in [0, 0.1) is 0 Å². The molecule has 2 aromatic heterocycles. The molecule has 8 heteroatoms. The van der Waals surface area contributed by atoms with Crippen LogP contribution >= 0.6 is 23.4 Å². The predicted octanol–water partition coefficient (Wildman–Crippen LogP) is 5.40. The highest BCUT2D eigenvalue weighted by Gasteiger charge is 2.21. The Bertz CT molecular complexity index is 1230. The first-order chi connectivity index (χ1) is 13.9. The van der Waals surface area contributed by atoms with Gasteiger partial charge in [-0.05, 0) is 37.3 Å². The molecule has 0 aliphatic rings. The van der Waals surface area contributed by atoms with E-state index in [1.54, 1.807) is 22.8 Å². The van der Waals surface area contributed by atoms with Gasteiger partial charge in [-0.25, -0.2) is 4.98 Å². The molecular formula is C21H19ClN4O2S. The largest absolute Gasteiger partial charge is 0.338 e. The molecule has 0 saturated carbocycles. The normalized spacial score (nSPS) is 12.6. The van der Waals surface area contributed by atoms with Crippen molar-refractivity contribution in [2.24, 2.45) is 0 Å². The number of halogens is 1. The molecule has 0 aliphatic carbocycles. The quantitative estimate of drug-likeness (QED) is 0.314. The molecule has 6 nitrogen and oxygen atoms in total. The van der Waals surface area contributed by atoms with Crippen molar-refractivity contribution in [1.82, 2.24) is 19.7 Å². The number of para-hydroxylation sites is 1. The minimum absolute atomic E-state index is 0.152. The summed E-state index contributed by atoms with van der Waals surface area (Å²) < 4.78 is 7.00. The van der Waals surface area contributed by atoms with Crippen molar-refractivity contribution in [1.29, 1.82) is 0 Å². The summed E-state index contributed by atoms with van der Waals surface area (Å²) in [5.41, 5.74) is 1.14. The molecule has 2 heterocycles. The van der Waals surface area contributed by atoms with E-state index in [-0.39, 0.29) is 16.7 Å². The average molecular weight is 427 g/mol. The number of benzene rings is 2. The van der Waals surface area contributed by atoms with Gasteiger partial charge in [0.1, 0.15) is 0 Å². The van der Waals surface area contributed by atoms with Crippen molar-refractivity contribution in [2.75, 3.05) is 0 Å². The molecule has 0 radical (unpaired) electrons. The molecule has 4 rings (SSSR count). The first-order valence-electron chi connectivity index (χ1n) is 9.22. The Balaban J connectivity index is 1.83. The van der Waals surface area contributed by atoms with E-state index >= 15 is 0 Å². The Hall–Kier alpha value is -2.64. The monoisotopic (exact) mass is 426 g/mol. The molecular weight excluding hydrogens is 408 g/mol. The van der Waals surface area contributed by atoms with E-state index in [0.29, 0.717) is 38.5 Å². The van der Waals surface area contributed by atoms with E-state index in [1.807, 2.05) is 51.1 Å². The summed E-state index contributed by atoms with van der Waals surface area (Å²) in [6.07, 6.45) is 0. The van der Waals surface area contributed by atoms with Crippen LogP contribution in [0.4, 0.5) is 0 Å². The van der Waals surface area contributed by atoms with Crippen LogP contribution in [0.25, 0.3) is 16.6 Å². The van der Waals surface area contributed by atoms with Gasteiger partial charge in [0.25, 0.3) is 5.56 Å². The summed E-state index contributed by atoms with van der Waals surface area (Å²) in [5.74, 6) is 1.33. The van der Waals surface area contributed by atoms with Gasteiger partial charge in [-0.15, -0.1) is 0 Å². The van der Waals surface area contributed by atoms with Crippen molar-refractivity contribution in [3.63, 3.8) is 0 Å². The van der Waals surface area contributed by atoms with Crippen molar-refractivity contribution in [3.8, 4) is 5.69 Å². The molecule has 0 fully saturated rings. The number of fused-ring (bicyclic) bond motifs is 1. The van der Waals surface area contributed by atoms with Crippen molar-refractivity contribution < 1.29 is 4.52 Å². The molecule has 0 saturated heterocycles. The fraction of sp³-hybridized carbons (Fsp3) is 0.238. The highest BCUT2D eigenvalue weighted by Crippen LogP contribution is 2.34. The van der Waals surface area contributed by atoms with Gasteiger partial charge >= 0.3 is 0 Å². The second kappa shape index (κ2) is 8.00. The first-order valence-corrected chi connectivity index (χ1v) is 10.5. The lowest BCUT2D eigenvalue weighted by Crippen LogP contribution is -2.22. The third-order valence-electron chi connectivity index (χ3n) is 4.42. The van der Waals surface area contributed by atoms with Gasteiger partial charge in [-0.3, -0.25) is 9.36 Å². The van der Waals surface area contributed by atoms with Crippen molar-refractivity contribution in [2.45, 2.75) is 37.1 Å². The highest BCUT2D eigenvalue weighted by molar-refractivity contribution is 7.99. The molecule has 0 bridgehead atoms. The lowest BCUT2D eigenvalue weighted by Gasteiger charge is -2.15. The Morgan fingerprint density at radius 3 is 2.59 bits per heavy atom. The smallest absolute Gasteiger partial charge is 0.266 e. The molecule has 1 unspecified atom stereocenters. The SMILES string of the molecule is CC(C)c1noc(C(C)Sc2nc3ccccc3c(=O)n2-c2cccc(Cl)c2)n1. The van der Waals surface area contributed by atoms with Gasteiger partial charge in [0.2, 0.25) is 5.89 Å². The first kappa shape index (κ1) is 19.7. The van der Waals surface area contributed by atoms with E-state index in [9.17, 15) is 4.79 Å². The standard InChI is InChI=1S/C21H19ClN4O2S/c1-12(2)18-24-19(28-25-18)13(3)29-21-23-17-10-5-4-9-16(17)20(27)26(21)15-8-6-7-14(22)11-15/h4-13H,1-3H3. The third kappa shape index (κ3) is 3.93. The Morgan fingerprint density at radius 2 is 1.86 bits per heavy atom. The summed E-state index contributed by atoms with van der Waals surface area (Å²) in [6.45, 7) is 5.97. The average Bonchev–Trinajstić information content (AvgIpc) is 3.19. The molecule has 148 valence electrons. The van der Waals surface area contributed by atoms with Gasteiger partial charge in [0, 0.05) is 10.9 Å². The predicted molar refractivity (Wildman–Crippen MR) is 115 cm³/mol. The second-order valence-corrected chi connectivity index (χ2v) is 8.68. The van der Waals surface area contributed by atoms with Crippen LogP contribution in [-0.2, 0) is 0 Å². The number of hydrogen-bond donors (Lipinski definition) is 0. The Morgan fingerprint density at radius 1 is 1.07 bits per heavy atom. The molecule has 4 aromatic rings. The molecule has 0 aliphatic heterocycles. The van der Waals surface area contributed by atoms with Crippen LogP contribution in [0.3, 0.4) is 0 Å². The molecule has 0 amide bonds. The Kier molecular flexibility index (Phi) is 5.43. The number of rotatable bonds is 5. The maximum Gasteiger partial charge on any atom is 0.266 e. The molecule has 2 aromatic carbocycles. The number of hydrogen-bond acceptors (Lipinski definition) is 6. The van der Waals surface area contributed by atoms with Gasteiger partial charge in [0.15, 0.2) is 11.0 Å². The molecule has 1 atom stereocenters. The van der Waals surface area contributed by atoms with Crippen molar-refractivity contribution in [3.05, 3.63) is 75.6 Å². The lowest BCUT2D eigenvalue weighted by atomic mass is 10.2. The molecule has 0 spiro atoms. The van der Waals surface area contributed by atoms with Gasteiger partial charge in [-0.2, -0.15) is 4.98 Å². The number of aromatic nitrogens is 4. The van der Waals surface area contributed by atoms with Crippen LogP contribution in [-0.4, -0.2) is 19.7 Å². The number of nitrogens with zero attached hydrogens (tertiary/aromatic N) is 4. The minimum Gasteiger partial charge on any atom is -0.338 e. The second-order valence-electron chi connectivity index (χ2n) is 6.94. The zero-order chi connectivity index (χ0) is 20.5. The van der Waals surface area contributed by atoms with Gasteiger partial charge < -0.3 is 4.52 Å². The van der Waals surface area contributed by atoms with Crippen LogP contribution < -0.4 is 5.56 Å². The summed E-state index contributed by atoms with van der Waals surface area (Å²) in [5, 5.41) is 5.47. The summed E-state index contributed by atoms with van der Waals surface area (Å²) in [6, 6.07) is 14.5. The van der Waals surface area contributed by atoms with Crippen LogP contribution in [0.5, 0.6) is 0 Å². The van der Waals surface area contributed by atoms with E-state index in [0.717, 1.165) is 0 Å². The maximum absolute atomic E-state index is 13.3.